The molecule has 0 aromatic rings. The van der Waals surface area contributed by atoms with Crippen molar-refractivity contribution >= 4 is 0 Å². The van der Waals surface area contributed by atoms with Crippen LogP contribution in [-0.4, -0.2) is 45.9 Å². The third-order valence-corrected chi connectivity index (χ3v) is 1.76. The molecule has 0 unspecified atom stereocenters. The highest BCUT2D eigenvalue weighted by Crippen LogP contribution is 2.10. The van der Waals surface area contributed by atoms with E-state index in [4.69, 9.17) is 0 Å². The first kappa shape index (κ1) is 13.9. The largest absolute Gasteiger partial charge is 0.389 e. The first-order chi connectivity index (χ1) is 6.14. The van der Waals surface area contributed by atoms with Crippen LogP contribution in [0.2, 0.25) is 0 Å². The van der Waals surface area contributed by atoms with Gasteiger partial charge in [0, 0.05) is 13.1 Å². The third kappa shape index (κ3) is 8.48. The van der Waals surface area contributed by atoms with E-state index in [1.165, 1.54) is 0 Å². The van der Waals surface area contributed by atoms with Crippen LogP contribution in [0.3, 0.4) is 0 Å². The molecule has 0 aromatic carbocycles. The predicted octanol–water partition coefficient (Wildman–Crippen LogP) is 1.24. The van der Waals surface area contributed by atoms with E-state index < -0.39 is 11.2 Å². The van der Waals surface area contributed by atoms with Gasteiger partial charge in [0.25, 0.3) is 0 Å². The normalized spacial score (nSPS) is 13.7. The average Bonchev–Trinajstić information content (AvgIpc) is 1.78. The molecule has 0 fully saturated rings. The van der Waals surface area contributed by atoms with Crippen molar-refractivity contribution in [3.63, 3.8) is 0 Å². The van der Waals surface area contributed by atoms with Crippen LogP contribution < -0.4 is 0 Å². The molecular weight excluding hydrogens is 178 g/mol. The Bertz CT molecular complexity index is 140. The fraction of sp³-hybridized carbons (Fsp3) is 1.00. The summed E-state index contributed by atoms with van der Waals surface area (Å²) in [6.45, 7) is 11.4. The summed E-state index contributed by atoms with van der Waals surface area (Å²) in [5.74, 6) is 0. The molecule has 86 valence electrons. The Labute approximate surface area is 87.7 Å². The van der Waals surface area contributed by atoms with Gasteiger partial charge in [0.1, 0.15) is 0 Å². The second-order valence-electron chi connectivity index (χ2n) is 5.34. The summed E-state index contributed by atoms with van der Waals surface area (Å²) in [5, 5.41) is 19.4. The molecule has 0 heterocycles. The van der Waals surface area contributed by atoms with E-state index in [9.17, 15) is 10.2 Å². The molecule has 14 heavy (non-hydrogen) atoms. The minimum absolute atomic E-state index is 0.602. The van der Waals surface area contributed by atoms with Gasteiger partial charge in [-0.3, -0.25) is 4.90 Å². The highest BCUT2D eigenvalue weighted by Gasteiger charge is 2.22. The molecule has 0 aliphatic carbocycles. The van der Waals surface area contributed by atoms with Gasteiger partial charge in [0.2, 0.25) is 0 Å². The van der Waals surface area contributed by atoms with Crippen molar-refractivity contribution in [1.29, 1.82) is 0 Å². The van der Waals surface area contributed by atoms with Crippen molar-refractivity contribution in [1.82, 2.24) is 4.90 Å². The van der Waals surface area contributed by atoms with Gasteiger partial charge in [-0.05, 0) is 40.7 Å². The molecular formula is C11H25NO2. The van der Waals surface area contributed by atoms with E-state index in [0.717, 1.165) is 13.0 Å². The Morgan fingerprint density at radius 2 is 1.29 bits per heavy atom. The molecule has 0 amide bonds. The van der Waals surface area contributed by atoms with Crippen molar-refractivity contribution in [2.75, 3.05) is 19.6 Å². The van der Waals surface area contributed by atoms with Gasteiger partial charge in [-0.15, -0.1) is 0 Å². The summed E-state index contributed by atoms with van der Waals surface area (Å²) in [6.07, 6.45) is 1.03. The van der Waals surface area contributed by atoms with Crippen LogP contribution in [0.15, 0.2) is 0 Å². The van der Waals surface area contributed by atoms with E-state index in [1.54, 1.807) is 27.7 Å². The van der Waals surface area contributed by atoms with Crippen LogP contribution in [-0.2, 0) is 0 Å². The molecule has 0 atom stereocenters. The predicted molar refractivity (Wildman–Crippen MR) is 59.3 cm³/mol. The van der Waals surface area contributed by atoms with Crippen LogP contribution in [0, 0.1) is 0 Å². The van der Waals surface area contributed by atoms with Gasteiger partial charge in [0.15, 0.2) is 0 Å². The number of aliphatic hydroxyl groups is 2. The molecule has 0 rings (SSSR count). The Morgan fingerprint density at radius 3 is 1.50 bits per heavy atom. The molecule has 0 saturated heterocycles. The lowest BCUT2D eigenvalue weighted by Gasteiger charge is -2.32. The average molecular weight is 203 g/mol. The summed E-state index contributed by atoms with van der Waals surface area (Å²) in [6, 6.07) is 0. The minimum Gasteiger partial charge on any atom is -0.389 e. The number of hydrogen-bond donors (Lipinski definition) is 2. The molecule has 0 bridgehead atoms. The zero-order chi connectivity index (χ0) is 11.4. The Hall–Kier alpha value is -0.120. The van der Waals surface area contributed by atoms with Gasteiger partial charge in [-0.2, -0.15) is 0 Å². The fourth-order valence-corrected chi connectivity index (χ4v) is 1.62. The Balaban J connectivity index is 4.16. The lowest BCUT2D eigenvalue weighted by molar-refractivity contribution is -0.00729. The first-order valence-corrected chi connectivity index (χ1v) is 5.31. The standard InChI is InChI=1S/C11H25NO2/c1-6-7-12(8-10(2,3)13)9-11(4,5)14/h13-14H,6-9H2,1-5H3. The van der Waals surface area contributed by atoms with Crippen LogP contribution in [0.25, 0.3) is 0 Å². The topological polar surface area (TPSA) is 43.7 Å². The SMILES string of the molecule is CCCN(CC(C)(C)O)CC(C)(C)O. The highest BCUT2D eigenvalue weighted by molar-refractivity contribution is 4.77. The number of rotatable bonds is 6. The van der Waals surface area contributed by atoms with E-state index >= 15 is 0 Å². The molecule has 2 N–H and O–H groups in total. The quantitative estimate of drug-likeness (QED) is 0.682. The van der Waals surface area contributed by atoms with Crippen molar-refractivity contribution in [3.8, 4) is 0 Å². The number of nitrogens with zero attached hydrogens (tertiary/aromatic N) is 1. The maximum Gasteiger partial charge on any atom is 0.0718 e. The van der Waals surface area contributed by atoms with E-state index in [1.807, 2.05) is 0 Å². The van der Waals surface area contributed by atoms with Crippen molar-refractivity contribution in [2.45, 2.75) is 52.2 Å². The highest BCUT2D eigenvalue weighted by atomic mass is 16.3. The second kappa shape index (κ2) is 5.10. The molecule has 0 aromatic heterocycles. The third-order valence-electron chi connectivity index (χ3n) is 1.76. The maximum absolute atomic E-state index is 9.69. The summed E-state index contributed by atoms with van der Waals surface area (Å²) < 4.78 is 0. The van der Waals surface area contributed by atoms with E-state index in [2.05, 4.69) is 11.8 Å². The monoisotopic (exact) mass is 203 g/mol. The Kier molecular flexibility index (Phi) is 5.06. The lowest BCUT2D eigenvalue weighted by Crippen LogP contribution is -2.45. The van der Waals surface area contributed by atoms with E-state index in [0.29, 0.717) is 13.1 Å². The summed E-state index contributed by atoms with van der Waals surface area (Å²) in [4.78, 5) is 2.10. The first-order valence-electron chi connectivity index (χ1n) is 5.31. The molecule has 0 aliphatic rings. The van der Waals surface area contributed by atoms with Crippen LogP contribution in [0.1, 0.15) is 41.0 Å². The molecule has 0 radical (unpaired) electrons. The summed E-state index contributed by atoms with van der Waals surface area (Å²) in [5.41, 5.74) is -1.39. The van der Waals surface area contributed by atoms with Crippen molar-refractivity contribution < 1.29 is 10.2 Å². The van der Waals surface area contributed by atoms with Gasteiger partial charge in [-0.25, -0.2) is 0 Å². The molecule has 0 spiro atoms. The van der Waals surface area contributed by atoms with Gasteiger partial charge in [0.05, 0.1) is 11.2 Å². The fourth-order valence-electron chi connectivity index (χ4n) is 1.62. The van der Waals surface area contributed by atoms with Gasteiger partial charge in [-0.1, -0.05) is 6.92 Å². The number of hydrogen-bond acceptors (Lipinski definition) is 3. The molecule has 0 aliphatic heterocycles. The van der Waals surface area contributed by atoms with Gasteiger partial charge >= 0.3 is 0 Å². The lowest BCUT2D eigenvalue weighted by atomic mass is 10.1. The summed E-state index contributed by atoms with van der Waals surface area (Å²) >= 11 is 0. The Morgan fingerprint density at radius 1 is 0.929 bits per heavy atom. The summed E-state index contributed by atoms with van der Waals surface area (Å²) in [7, 11) is 0. The van der Waals surface area contributed by atoms with Crippen molar-refractivity contribution in [3.05, 3.63) is 0 Å². The van der Waals surface area contributed by atoms with Gasteiger partial charge < -0.3 is 10.2 Å². The molecule has 0 saturated carbocycles. The molecule has 3 nitrogen and oxygen atoms in total. The second-order valence-corrected chi connectivity index (χ2v) is 5.34. The zero-order valence-electron chi connectivity index (χ0n) is 10.2. The van der Waals surface area contributed by atoms with Crippen LogP contribution in [0.4, 0.5) is 0 Å². The maximum atomic E-state index is 9.69. The smallest absolute Gasteiger partial charge is 0.0718 e. The zero-order valence-corrected chi connectivity index (χ0v) is 10.2. The van der Waals surface area contributed by atoms with Crippen molar-refractivity contribution in [2.24, 2.45) is 0 Å². The van der Waals surface area contributed by atoms with Crippen LogP contribution >= 0.6 is 0 Å². The molecule has 3 heteroatoms. The van der Waals surface area contributed by atoms with E-state index in [-0.39, 0.29) is 0 Å². The minimum atomic E-state index is -0.694. The van der Waals surface area contributed by atoms with Crippen LogP contribution in [0.5, 0.6) is 0 Å².